The minimum absolute atomic E-state index is 0.206. The van der Waals surface area contributed by atoms with Crippen LogP contribution in [0.4, 0.5) is 0 Å². The van der Waals surface area contributed by atoms with Gasteiger partial charge in [0.1, 0.15) is 5.75 Å². The van der Waals surface area contributed by atoms with Gasteiger partial charge in [0, 0.05) is 5.56 Å². The van der Waals surface area contributed by atoms with Gasteiger partial charge in [-0.1, -0.05) is 65.8 Å². The highest BCUT2D eigenvalue weighted by atomic mass is 16.3. The number of hydrogen-bond acceptors (Lipinski definition) is 1. The van der Waals surface area contributed by atoms with Crippen molar-refractivity contribution in [1.82, 2.24) is 0 Å². The number of benzene rings is 1. The molecule has 1 nitrogen and oxygen atoms in total. The maximum Gasteiger partial charge on any atom is 0.123 e. The zero-order valence-electron chi connectivity index (χ0n) is 14.4. The molecular weight excluding hydrogens is 256 g/mol. The molecule has 0 saturated heterocycles. The highest BCUT2D eigenvalue weighted by Gasteiger charge is 2.37. The van der Waals surface area contributed by atoms with E-state index in [2.05, 4.69) is 53.7 Å². The van der Waals surface area contributed by atoms with E-state index in [4.69, 9.17) is 0 Å². The van der Waals surface area contributed by atoms with Gasteiger partial charge in [-0.25, -0.2) is 0 Å². The summed E-state index contributed by atoms with van der Waals surface area (Å²) in [5.41, 5.74) is 2.90. The molecule has 0 aliphatic heterocycles. The fourth-order valence-electron chi connectivity index (χ4n) is 3.46. The predicted octanol–water partition coefficient (Wildman–Crippen LogP) is 5.89. The van der Waals surface area contributed by atoms with E-state index in [0.717, 1.165) is 12.0 Å². The van der Waals surface area contributed by atoms with Gasteiger partial charge in [0.2, 0.25) is 0 Å². The first-order valence-electron chi connectivity index (χ1n) is 8.09. The van der Waals surface area contributed by atoms with Crippen LogP contribution in [0.3, 0.4) is 0 Å². The lowest BCUT2D eigenvalue weighted by Crippen LogP contribution is -2.32. The molecule has 1 heteroatoms. The second-order valence-electron chi connectivity index (χ2n) is 8.63. The van der Waals surface area contributed by atoms with E-state index in [0.29, 0.717) is 23.0 Å². The molecule has 0 heterocycles. The summed E-state index contributed by atoms with van der Waals surface area (Å²) in [6.07, 6.45) is 4.69. The number of allylic oxidation sites excluding steroid dienone is 2. The highest BCUT2D eigenvalue weighted by Crippen LogP contribution is 2.50. The molecule has 0 aromatic heterocycles. The third-order valence-electron chi connectivity index (χ3n) is 5.00. The molecule has 2 rings (SSSR count). The van der Waals surface area contributed by atoms with Crippen LogP contribution < -0.4 is 0 Å². The summed E-state index contributed by atoms with van der Waals surface area (Å²) in [6, 6.07) is 7.76. The summed E-state index contributed by atoms with van der Waals surface area (Å²) in [6.45, 7) is 14.0. The topological polar surface area (TPSA) is 20.2 Å². The van der Waals surface area contributed by atoms with Gasteiger partial charge in [-0.3, -0.25) is 0 Å². The van der Waals surface area contributed by atoms with Crippen LogP contribution in [-0.2, 0) is 0 Å². The van der Waals surface area contributed by atoms with Gasteiger partial charge in [-0.2, -0.15) is 0 Å². The molecule has 1 aromatic carbocycles. The third kappa shape index (κ3) is 3.51. The van der Waals surface area contributed by atoms with Gasteiger partial charge in [0.25, 0.3) is 0 Å². The van der Waals surface area contributed by atoms with Crippen molar-refractivity contribution in [3.05, 3.63) is 35.9 Å². The van der Waals surface area contributed by atoms with Crippen molar-refractivity contribution in [1.29, 1.82) is 0 Å². The molecule has 0 bridgehead atoms. The zero-order chi connectivity index (χ0) is 15.8. The molecule has 2 unspecified atom stereocenters. The Labute approximate surface area is 130 Å². The molecule has 1 aliphatic carbocycles. The van der Waals surface area contributed by atoms with Gasteiger partial charge in [-0.15, -0.1) is 0 Å². The molecule has 21 heavy (non-hydrogen) atoms. The van der Waals surface area contributed by atoms with Crippen LogP contribution in [0.1, 0.15) is 59.9 Å². The summed E-state index contributed by atoms with van der Waals surface area (Å²) in [4.78, 5) is 0. The summed E-state index contributed by atoms with van der Waals surface area (Å²) < 4.78 is 0. The largest absolute Gasteiger partial charge is 0.507 e. The predicted molar refractivity (Wildman–Crippen MR) is 91.2 cm³/mol. The maximum absolute atomic E-state index is 10.2. The van der Waals surface area contributed by atoms with Crippen LogP contribution in [0.2, 0.25) is 0 Å². The molecule has 0 radical (unpaired) electrons. The quantitative estimate of drug-likeness (QED) is 0.682. The zero-order valence-corrected chi connectivity index (χ0v) is 14.4. The van der Waals surface area contributed by atoms with Gasteiger partial charge in [-0.05, 0) is 47.1 Å². The van der Waals surface area contributed by atoms with Gasteiger partial charge < -0.3 is 5.11 Å². The van der Waals surface area contributed by atoms with Crippen molar-refractivity contribution < 1.29 is 5.11 Å². The average Bonchev–Trinajstić information content (AvgIpc) is 2.36. The van der Waals surface area contributed by atoms with Crippen molar-refractivity contribution in [3.63, 3.8) is 0 Å². The molecule has 1 aromatic rings. The van der Waals surface area contributed by atoms with Crippen molar-refractivity contribution in [2.75, 3.05) is 0 Å². The Morgan fingerprint density at radius 2 is 1.57 bits per heavy atom. The van der Waals surface area contributed by atoms with Crippen LogP contribution >= 0.6 is 0 Å². The van der Waals surface area contributed by atoms with E-state index in [1.807, 2.05) is 12.1 Å². The molecular formula is C20H30O. The molecule has 0 saturated carbocycles. The van der Waals surface area contributed by atoms with Crippen LogP contribution in [0.5, 0.6) is 5.75 Å². The SMILES string of the molecule is CC(C)(C)C1CC=C(c2ccccc2O)C(C(C)(C)C)C1. The van der Waals surface area contributed by atoms with Crippen molar-refractivity contribution in [3.8, 4) is 5.75 Å². The Bertz CT molecular complexity index is 526. The fraction of sp³-hybridized carbons (Fsp3) is 0.600. The number of phenolic OH excluding ortho intramolecular Hbond substituents is 1. The minimum atomic E-state index is 0.206. The Morgan fingerprint density at radius 3 is 2.10 bits per heavy atom. The van der Waals surface area contributed by atoms with E-state index in [1.165, 1.54) is 12.0 Å². The number of aromatic hydroxyl groups is 1. The van der Waals surface area contributed by atoms with E-state index >= 15 is 0 Å². The van der Waals surface area contributed by atoms with Crippen molar-refractivity contribution >= 4 is 5.57 Å². The summed E-state index contributed by atoms with van der Waals surface area (Å²) in [5, 5.41) is 10.2. The van der Waals surface area contributed by atoms with Gasteiger partial charge in [0.05, 0.1) is 0 Å². The molecule has 116 valence electrons. The number of phenols is 1. The van der Waals surface area contributed by atoms with Gasteiger partial charge in [0.15, 0.2) is 0 Å². The lowest BCUT2D eigenvalue weighted by molar-refractivity contribution is 0.157. The van der Waals surface area contributed by atoms with E-state index in [1.54, 1.807) is 6.07 Å². The standard InChI is InChI=1S/C20H30O/c1-19(2,3)14-11-12-15(17(13-14)20(4,5)6)16-9-7-8-10-18(16)21/h7-10,12,14,17,21H,11,13H2,1-6H3. The lowest BCUT2D eigenvalue weighted by atomic mass is 9.62. The molecule has 1 aliphatic rings. The monoisotopic (exact) mass is 286 g/mol. The first-order chi connectivity index (χ1) is 9.60. The molecule has 2 atom stereocenters. The van der Waals surface area contributed by atoms with Crippen molar-refractivity contribution in [2.24, 2.45) is 22.7 Å². The first kappa shape index (κ1) is 16.1. The Balaban J connectivity index is 2.44. The van der Waals surface area contributed by atoms with Crippen molar-refractivity contribution in [2.45, 2.75) is 54.4 Å². The van der Waals surface area contributed by atoms with E-state index in [-0.39, 0.29) is 5.41 Å². The second-order valence-corrected chi connectivity index (χ2v) is 8.63. The third-order valence-corrected chi connectivity index (χ3v) is 5.00. The summed E-state index contributed by atoms with van der Waals surface area (Å²) in [5.74, 6) is 1.60. The molecule has 0 spiro atoms. The maximum atomic E-state index is 10.2. The van der Waals surface area contributed by atoms with Crippen LogP contribution in [0, 0.1) is 22.7 Å². The van der Waals surface area contributed by atoms with Crippen LogP contribution in [-0.4, -0.2) is 5.11 Å². The Morgan fingerprint density at radius 1 is 0.952 bits per heavy atom. The van der Waals surface area contributed by atoms with E-state index < -0.39 is 0 Å². The number of hydrogen-bond donors (Lipinski definition) is 1. The molecule has 0 fully saturated rings. The smallest absolute Gasteiger partial charge is 0.123 e. The van der Waals surface area contributed by atoms with E-state index in [9.17, 15) is 5.11 Å². The second kappa shape index (κ2) is 5.51. The van der Waals surface area contributed by atoms with Crippen LogP contribution in [0.15, 0.2) is 30.3 Å². The number of rotatable bonds is 1. The summed E-state index contributed by atoms with van der Waals surface area (Å²) >= 11 is 0. The average molecular weight is 286 g/mol. The lowest BCUT2D eigenvalue weighted by Gasteiger charge is -2.43. The highest BCUT2D eigenvalue weighted by molar-refractivity contribution is 5.73. The minimum Gasteiger partial charge on any atom is -0.507 e. The Hall–Kier alpha value is -1.24. The summed E-state index contributed by atoms with van der Waals surface area (Å²) in [7, 11) is 0. The molecule has 1 N–H and O–H groups in total. The molecule has 0 amide bonds. The van der Waals surface area contributed by atoms with Crippen LogP contribution in [0.25, 0.3) is 5.57 Å². The first-order valence-corrected chi connectivity index (χ1v) is 8.09. The van der Waals surface area contributed by atoms with Gasteiger partial charge >= 0.3 is 0 Å². The fourth-order valence-corrected chi connectivity index (χ4v) is 3.46. The Kier molecular flexibility index (Phi) is 4.24. The number of para-hydroxylation sites is 1. The normalized spacial score (nSPS) is 23.8.